The number of rotatable bonds is 6. The third kappa shape index (κ3) is 4.46. The summed E-state index contributed by atoms with van der Waals surface area (Å²) in [5.41, 5.74) is 1.99. The van der Waals surface area contributed by atoms with Gasteiger partial charge < -0.3 is 15.2 Å². The summed E-state index contributed by atoms with van der Waals surface area (Å²) >= 11 is 0. The van der Waals surface area contributed by atoms with E-state index >= 15 is 0 Å². The Hall–Kier alpha value is -1.55. The van der Waals surface area contributed by atoms with Gasteiger partial charge in [0.25, 0.3) is 5.91 Å². The molecule has 1 aliphatic rings. The lowest BCUT2D eigenvalue weighted by Crippen LogP contribution is -2.30. The lowest BCUT2D eigenvalue weighted by atomic mass is 9.89. The van der Waals surface area contributed by atoms with Gasteiger partial charge in [0.1, 0.15) is 5.75 Å². The second-order valence-corrected chi connectivity index (χ2v) is 6.05. The maximum atomic E-state index is 11.7. The highest BCUT2D eigenvalue weighted by Gasteiger charge is 2.21. The normalized spacial score (nSPS) is 17.4. The predicted molar refractivity (Wildman–Crippen MR) is 82.3 cm³/mol. The van der Waals surface area contributed by atoms with E-state index in [1.54, 1.807) is 0 Å². The van der Waals surface area contributed by atoms with Crippen LogP contribution < -0.4 is 10.1 Å². The molecule has 1 aromatic rings. The van der Waals surface area contributed by atoms with Crippen LogP contribution in [0.25, 0.3) is 0 Å². The van der Waals surface area contributed by atoms with Crippen LogP contribution in [0, 0.1) is 5.92 Å². The van der Waals surface area contributed by atoms with Crippen molar-refractivity contribution < 1.29 is 14.6 Å². The van der Waals surface area contributed by atoms with E-state index in [0.717, 1.165) is 42.6 Å². The summed E-state index contributed by atoms with van der Waals surface area (Å²) in [5.74, 6) is 1.21. The molecule has 1 atom stereocenters. The zero-order valence-corrected chi connectivity index (χ0v) is 12.9. The summed E-state index contributed by atoms with van der Waals surface area (Å²) in [6.45, 7) is 4.98. The van der Waals surface area contributed by atoms with Crippen molar-refractivity contribution in [2.24, 2.45) is 5.92 Å². The highest BCUT2D eigenvalue weighted by molar-refractivity contribution is 5.77. The fraction of sp³-hybridized carbons (Fsp3) is 0.588. The fourth-order valence-corrected chi connectivity index (χ4v) is 2.62. The Morgan fingerprint density at radius 1 is 1.48 bits per heavy atom. The molecule has 1 aliphatic carbocycles. The van der Waals surface area contributed by atoms with Crippen molar-refractivity contribution in [1.82, 2.24) is 5.32 Å². The molecule has 0 bridgehead atoms. The molecule has 0 saturated heterocycles. The quantitative estimate of drug-likeness (QED) is 0.847. The number of carbonyl (C=O) groups excluding carboxylic acids is 1. The summed E-state index contributed by atoms with van der Waals surface area (Å²) in [6, 6.07) is 5.69. The molecule has 0 spiro atoms. The molecule has 21 heavy (non-hydrogen) atoms. The Kier molecular flexibility index (Phi) is 5.62. The number of hydrogen-bond donors (Lipinski definition) is 2. The van der Waals surface area contributed by atoms with Crippen LogP contribution in [0.2, 0.25) is 0 Å². The first-order chi connectivity index (χ1) is 10.1. The van der Waals surface area contributed by atoms with Gasteiger partial charge in [-0.2, -0.15) is 0 Å². The molecule has 0 radical (unpaired) electrons. The number of aliphatic hydroxyl groups excluding tert-OH is 1. The molecule has 2 N–H and O–H groups in total. The minimum absolute atomic E-state index is 0.0324. The molecule has 1 unspecified atom stereocenters. The number of carbonyl (C=O) groups is 1. The zero-order chi connectivity index (χ0) is 15.2. The minimum Gasteiger partial charge on any atom is -0.483 e. The van der Waals surface area contributed by atoms with Crippen LogP contribution in [0.15, 0.2) is 18.2 Å². The summed E-state index contributed by atoms with van der Waals surface area (Å²) in [7, 11) is 0. The number of benzene rings is 1. The van der Waals surface area contributed by atoms with Crippen LogP contribution in [0.4, 0.5) is 0 Å². The molecular formula is C17H25NO3. The van der Waals surface area contributed by atoms with Gasteiger partial charge in [-0.3, -0.25) is 4.79 Å². The van der Waals surface area contributed by atoms with Gasteiger partial charge >= 0.3 is 0 Å². The number of hydrogen-bond acceptors (Lipinski definition) is 3. The highest BCUT2D eigenvalue weighted by Crippen LogP contribution is 2.35. The summed E-state index contributed by atoms with van der Waals surface area (Å²) in [5, 5.41) is 12.9. The van der Waals surface area contributed by atoms with Gasteiger partial charge in [-0.1, -0.05) is 26.0 Å². The first-order valence-corrected chi connectivity index (χ1v) is 7.77. The highest BCUT2D eigenvalue weighted by atomic mass is 16.5. The smallest absolute Gasteiger partial charge is 0.257 e. The molecule has 1 amide bonds. The SMILES string of the molecule is CC(C)CCNC(=O)COc1cccc2c1CCCC2O. The zero-order valence-electron chi connectivity index (χ0n) is 12.9. The van der Waals surface area contributed by atoms with Gasteiger partial charge in [0.15, 0.2) is 6.61 Å². The Bertz CT molecular complexity index is 485. The van der Waals surface area contributed by atoms with Gasteiger partial charge in [-0.05, 0) is 48.8 Å². The van der Waals surface area contributed by atoms with Crippen LogP contribution in [0.3, 0.4) is 0 Å². The molecule has 4 heteroatoms. The lowest BCUT2D eigenvalue weighted by Gasteiger charge is -2.23. The van der Waals surface area contributed by atoms with Crippen molar-refractivity contribution in [3.63, 3.8) is 0 Å². The fourth-order valence-electron chi connectivity index (χ4n) is 2.62. The van der Waals surface area contributed by atoms with Crippen LogP contribution >= 0.6 is 0 Å². The number of aliphatic hydroxyl groups is 1. The van der Waals surface area contributed by atoms with E-state index in [-0.39, 0.29) is 12.5 Å². The average Bonchev–Trinajstić information content (AvgIpc) is 2.45. The van der Waals surface area contributed by atoms with Crippen LogP contribution in [-0.2, 0) is 11.2 Å². The van der Waals surface area contributed by atoms with Crippen molar-refractivity contribution in [2.45, 2.75) is 45.6 Å². The number of nitrogens with one attached hydrogen (secondary N) is 1. The Balaban J connectivity index is 1.89. The summed E-state index contributed by atoms with van der Waals surface area (Å²) in [6.07, 6.45) is 3.22. The van der Waals surface area contributed by atoms with Crippen LogP contribution in [-0.4, -0.2) is 24.2 Å². The van der Waals surface area contributed by atoms with Crippen LogP contribution in [0.1, 0.15) is 50.3 Å². The topological polar surface area (TPSA) is 58.6 Å². The largest absolute Gasteiger partial charge is 0.483 e. The molecule has 0 saturated carbocycles. The summed E-state index contributed by atoms with van der Waals surface area (Å²) < 4.78 is 5.65. The Morgan fingerprint density at radius 2 is 2.29 bits per heavy atom. The predicted octanol–water partition coefficient (Wildman–Crippen LogP) is 2.60. The van der Waals surface area contributed by atoms with E-state index in [1.165, 1.54) is 0 Å². The third-order valence-electron chi connectivity index (χ3n) is 3.84. The van der Waals surface area contributed by atoms with Gasteiger partial charge in [0, 0.05) is 6.54 Å². The van der Waals surface area contributed by atoms with E-state index in [9.17, 15) is 9.90 Å². The van der Waals surface area contributed by atoms with Gasteiger partial charge in [-0.25, -0.2) is 0 Å². The summed E-state index contributed by atoms with van der Waals surface area (Å²) in [4.78, 5) is 11.7. The first-order valence-electron chi connectivity index (χ1n) is 7.77. The van der Waals surface area contributed by atoms with Gasteiger partial charge in [-0.15, -0.1) is 0 Å². The van der Waals surface area contributed by atoms with E-state index in [0.29, 0.717) is 12.5 Å². The third-order valence-corrected chi connectivity index (χ3v) is 3.84. The monoisotopic (exact) mass is 291 g/mol. The Morgan fingerprint density at radius 3 is 3.05 bits per heavy atom. The van der Waals surface area contributed by atoms with Gasteiger partial charge in [0.2, 0.25) is 0 Å². The molecule has 2 rings (SSSR count). The molecule has 0 heterocycles. The van der Waals surface area contributed by atoms with Crippen molar-refractivity contribution in [3.8, 4) is 5.75 Å². The number of amides is 1. The van der Waals surface area contributed by atoms with E-state index < -0.39 is 6.10 Å². The number of ether oxygens (including phenoxy) is 1. The standard InChI is InChI=1S/C17H25NO3/c1-12(2)9-10-18-17(20)11-21-16-8-4-5-13-14(16)6-3-7-15(13)19/h4-5,8,12,15,19H,3,6-7,9-11H2,1-2H3,(H,18,20). The maximum absolute atomic E-state index is 11.7. The van der Waals surface area contributed by atoms with Crippen molar-refractivity contribution in [1.29, 1.82) is 0 Å². The molecule has 0 aromatic heterocycles. The molecule has 4 nitrogen and oxygen atoms in total. The van der Waals surface area contributed by atoms with E-state index in [4.69, 9.17) is 4.74 Å². The Labute approximate surface area is 126 Å². The molecule has 0 aliphatic heterocycles. The first kappa shape index (κ1) is 15.8. The second-order valence-electron chi connectivity index (χ2n) is 6.05. The van der Waals surface area contributed by atoms with Crippen molar-refractivity contribution in [3.05, 3.63) is 29.3 Å². The van der Waals surface area contributed by atoms with Crippen LogP contribution in [0.5, 0.6) is 5.75 Å². The lowest BCUT2D eigenvalue weighted by molar-refractivity contribution is -0.123. The van der Waals surface area contributed by atoms with Crippen molar-refractivity contribution >= 4 is 5.91 Å². The van der Waals surface area contributed by atoms with E-state index in [2.05, 4.69) is 19.2 Å². The maximum Gasteiger partial charge on any atom is 0.257 e. The van der Waals surface area contributed by atoms with Gasteiger partial charge in [0.05, 0.1) is 6.10 Å². The van der Waals surface area contributed by atoms with Crippen molar-refractivity contribution in [2.75, 3.05) is 13.2 Å². The molecule has 0 fully saturated rings. The minimum atomic E-state index is -0.405. The van der Waals surface area contributed by atoms with E-state index in [1.807, 2.05) is 18.2 Å². The number of fused-ring (bicyclic) bond motifs is 1. The molecule has 1 aromatic carbocycles. The second kappa shape index (κ2) is 7.46. The average molecular weight is 291 g/mol. The molecule has 116 valence electrons. The molecular weight excluding hydrogens is 266 g/mol.